The molecule has 4 N–H and O–H groups in total. The summed E-state index contributed by atoms with van der Waals surface area (Å²) >= 11 is 0. The largest absolute Gasteiger partial charge is 0.481 e. The zero-order valence-corrected chi connectivity index (χ0v) is 35.4. The van der Waals surface area contributed by atoms with E-state index in [-0.39, 0.29) is 57.3 Å². The van der Waals surface area contributed by atoms with Gasteiger partial charge in [-0.05, 0) is 121 Å². The summed E-state index contributed by atoms with van der Waals surface area (Å²) in [6.45, 7) is 21.3. The molecule has 56 heavy (non-hydrogen) atoms. The fraction of sp³-hybridized carbons (Fsp3) is 0.745. The van der Waals surface area contributed by atoms with Crippen molar-refractivity contribution in [3.05, 3.63) is 41.2 Å². The molecule has 0 saturated heterocycles. The van der Waals surface area contributed by atoms with Crippen LogP contribution in [0.1, 0.15) is 132 Å². The van der Waals surface area contributed by atoms with E-state index in [1.165, 1.54) is 5.57 Å². The van der Waals surface area contributed by atoms with Crippen molar-refractivity contribution in [1.82, 2.24) is 15.3 Å². The van der Waals surface area contributed by atoms with Gasteiger partial charge in [-0.15, -0.1) is 0 Å². The molecule has 0 bridgehead atoms. The van der Waals surface area contributed by atoms with Crippen molar-refractivity contribution < 1.29 is 29.3 Å². The highest BCUT2D eigenvalue weighted by Gasteiger charge is 2.71. The Kier molecular flexibility index (Phi) is 9.40. The molecular weight excluding hydrogens is 703 g/mol. The number of aliphatic hydroxyl groups excluding tert-OH is 1. The number of carboxylic acid groups (broad SMARTS) is 1. The number of hydrogen-bond acceptors (Lipinski definition) is 7. The highest BCUT2D eigenvalue weighted by molar-refractivity contribution is 6.00. The number of para-hydroxylation sites is 2. The van der Waals surface area contributed by atoms with Crippen molar-refractivity contribution in [2.24, 2.45) is 68.0 Å². The van der Waals surface area contributed by atoms with E-state index in [0.29, 0.717) is 37.8 Å². The maximum atomic E-state index is 14.1. The van der Waals surface area contributed by atoms with Crippen LogP contribution in [-0.4, -0.2) is 56.7 Å². The Bertz CT molecular complexity index is 1930. The maximum absolute atomic E-state index is 14.1. The second-order valence-electron chi connectivity index (χ2n) is 21.5. The first-order valence-corrected chi connectivity index (χ1v) is 21.8. The number of H-pyrrole nitrogens is 1. The quantitative estimate of drug-likeness (QED) is 0.186. The molecule has 5 fully saturated rings. The molecule has 11 atom stereocenters. The van der Waals surface area contributed by atoms with Gasteiger partial charge < -0.3 is 25.3 Å². The molecule has 0 radical (unpaired) electrons. The number of carbonyl (C=O) groups excluding carboxylic acids is 2. The molecule has 0 amide bonds. The predicted molar refractivity (Wildman–Crippen MR) is 216 cm³/mol. The number of rotatable bonds is 9. The minimum atomic E-state index is -0.829. The first-order valence-electron chi connectivity index (χ1n) is 21.8. The second-order valence-corrected chi connectivity index (χ2v) is 21.5. The SMILES string of the molecule is CC(C)C1=C2[C@H]3CC[C@@H]4[C@@]5(C)CC[C@H](OC(=O)[C@H]6C[C@@H](C(=O)O)C6(C)C)C(C)(C)[C@@H]5CC[C@@]4(C)[C@]3(C)CC[C@@]2([C@@H](O)CNCc2nc3ccccc3[nH]2)CC1=O. The Labute approximate surface area is 333 Å². The molecule has 2 aromatic rings. The number of aromatic amines is 1. The average Bonchev–Trinajstić information content (AvgIpc) is 3.67. The van der Waals surface area contributed by atoms with E-state index in [0.717, 1.165) is 73.8 Å². The lowest BCUT2D eigenvalue weighted by molar-refractivity contribution is -0.238. The van der Waals surface area contributed by atoms with Gasteiger partial charge in [0, 0.05) is 23.8 Å². The minimum absolute atomic E-state index is 0.0150. The number of aromatic nitrogens is 2. The van der Waals surface area contributed by atoms with Crippen LogP contribution >= 0.6 is 0 Å². The summed E-state index contributed by atoms with van der Waals surface area (Å²) in [5.41, 5.74) is 2.96. The number of nitrogens with zero attached hydrogens (tertiary/aromatic N) is 1. The van der Waals surface area contributed by atoms with Gasteiger partial charge in [-0.1, -0.05) is 80.0 Å². The van der Waals surface area contributed by atoms with Crippen LogP contribution in [0, 0.1) is 68.0 Å². The van der Waals surface area contributed by atoms with Gasteiger partial charge in [-0.2, -0.15) is 0 Å². The van der Waals surface area contributed by atoms with E-state index in [2.05, 4.69) is 58.8 Å². The molecule has 0 spiro atoms. The number of ketones is 1. The Morgan fingerprint density at radius 1 is 0.911 bits per heavy atom. The van der Waals surface area contributed by atoms with Crippen LogP contribution in [0.25, 0.3) is 11.0 Å². The number of aliphatic carboxylic acids is 1. The van der Waals surface area contributed by atoms with Gasteiger partial charge >= 0.3 is 11.9 Å². The van der Waals surface area contributed by atoms with Crippen LogP contribution < -0.4 is 5.32 Å². The summed E-state index contributed by atoms with van der Waals surface area (Å²) in [5.74, 6) is 0.376. The number of allylic oxidation sites excluding steroid dienone is 1. The number of nitrogens with one attached hydrogen (secondary N) is 2. The van der Waals surface area contributed by atoms with Crippen molar-refractivity contribution >= 4 is 28.8 Å². The smallest absolute Gasteiger partial charge is 0.309 e. The highest BCUT2D eigenvalue weighted by atomic mass is 16.5. The van der Waals surface area contributed by atoms with E-state index >= 15 is 0 Å². The lowest BCUT2D eigenvalue weighted by Crippen LogP contribution is -2.66. The summed E-state index contributed by atoms with van der Waals surface area (Å²) in [4.78, 5) is 47.7. The van der Waals surface area contributed by atoms with E-state index in [1.807, 2.05) is 38.1 Å². The Hall–Kier alpha value is -3.04. The summed E-state index contributed by atoms with van der Waals surface area (Å²) in [6, 6.07) is 8.01. The summed E-state index contributed by atoms with van der Waals surface area (Å²) in [7, 11) is 0. The number of hydrogen-bond donors (Lipinski definition) is 4. The standard InChI is InChI=1S/C47H67N3O6/c1-26(2)38-32(51)23-47(35(52)24-48-25-37-49-30-12-10-11-13-31(30)50-37)21-20-45(8)27(39(38)47)14-15-34-44(7)18-17-36(43(5,6)33(44)16-19-46(34,45)9)56-41(55)29-22-28(40(53)54)42(29,3)4/h10-13,26-29,33-36,48,52H,14-25H2,1-9H3,(H,49,50)(H,53,54)/t27-,28+,29-,33+,34-,35+,36+,44+,45-,46-,47+/m1/s1. The molecule has 9 nitrogen and oxygen atoms in total. The number of carbonyl (C=O) groups is 3. The number of fused-ring (bicyclic) bond motifs is 8. The van der Waals surface area contributed by atoms with Gasteiger partial charge in [0.1, 0.15) is 11.9 Å². The molecule has 0 unspecified atom stereocenters. The molecule has 9 heteroatoms. The van der Waals surface area contributed by atoms with Crippen LogP contribution in [0.15, 0.2) is 35.4 Å². The predicted octanol–water partition coefficient (Wildman–Crippen LogP) is 8.65. The number of aliphatic hydroxyl groups is 1. The fourth-order valence-corrected chi connectivity index (χ4v) is 14.9. The average molecular weight is 770 g/mol. The summed E-state index contributed by atoms with van der Waals surface area (Å²) < 4.78 is 6.42. The van der Waals surface area contributed by atoms with Gasteiger partial charge in [0.25, 0.3) is 0 Å². The van der Waals surface area contributed by atoms with Crippen molar-refractivity contribution in [3.8, 4) is 0 Å². The minimum Gasteiger partial charge on any atom is -0.481 e. The Morgan fingerprint density at radius 2 is 1.64 bits per heavy atom. The van der Waals surface area contributed by atoms with Gasteiger partial charge in [0.2, 0.25) is 0 Å². The van der Waals surface area contributed by atoms with E-state index in [4.69, 9.17) is 9.72 Å². The van der Waals surface area contributed by atoms with Crippen molar-refractivity contribution in [2.75, 3.05) is 6.54 Å². The first kappa shape index (κ1) is 39.8. The number of carboxylic acids is 1. The third-order valence-corrected chi connectivity index (χ3v) is 18.2. The molecule has 1 aromatic heterocycles. The van der Waals surface area contributed by atoms with Crippen LogP contribution in [0.4, 0.5) is 0 Å². The van der Waals surface area contributed by atoms with Crippen LogP contribution in [0.5, 0.6) is 0 Å². The van der Waals surface area contributed by atoms with E-state index in [9.17, 15) is 24.6 Å². The summed E-state index contributed by atoms with van der Waals surface area (Å²) in [6.07, 6.45) is 7.81. The highest BCUT2D eigenvalue weighted by Crippen LogP contribution is 2.77. The molecule has 306 valence electrons. The lowest BCUT2D eigenvalue weighted by Gasteiger charge is -2.72. The van der Waals surface area contributed by atoms with Gasteiger partial charge in [-0.3, -0.25) is 14.4 Å². The molecule has 8 rings (SSSR count). The zero-order valence-electron chi connectivity index (χ0n) is 35.4. The number of imidazole rings is 1. The molecule has 6 aliphatic rings. The topological polar surface area (TPSA) is 142 Å². The lowest BCUT2D eigenvalue weighted by atomic mass is 9.33. The van der Waals surface area contributed by atoms with Crippen LogP contribution in [-0.2, 0) is 25.7 Å². The normalized spacial score (nSPS) is 40.3. The zero-order chi connectivity index (χ0) is 40.4. The number of ether oxygens (including phenoxy) is 1. The van der Waals surface area contributed by atoms with Crippen molar-refractivity contribution in [1.29, 1.82) is 0 Å². The molecule has 1 aromatic carbocycles. The monoisotopic (exact) mass is 770 g/mol. The van der Waals surface area contributed by atoms with E-state index in [1.54, 1.807) is 0 Å². The van der Waals surface area contributed by atoms with Crippen LogP contribution in [0.2, 0.25) is 0 Å². The van der Waals surface area contributed by atoms with Crippen LogP contribution in [0.3, 0.4) is 0 Å². The molecule has 0 aliphatic heterocycles. The Morgan fingerprint density at radius 3 is 2.32 bits per heavy atom. The second kappa shape index (κ2) is 13.2. The first-order chi connectivity index (χ1) is 26.2. The van der Waals surface area contributed by atoms with Gasteiger partial charge in [0.05, 0.1) is 35.5 Å². The fourth-order valence-electron chi connectivity index (χ4n) is 14.9. The van der Waals surface area contributed by atoms with Gasteiger partial charge in [-0.25, -0.2) is 4.98 Å². The third kappa shape index (κ3) is 5.51. The third-order valence-electron chi connectivity index (χ3n) is 18.2. The molecule has 1 heterocycles. The maximum Gasteiger partial charge on any atom is 0.309 e. The number of benzene rings is 1. The molecular formula is C47H67N3O6. The van der Waals surface area contributed by atoms with Crippen molar-refractivity contribution in [3.63, 3.8) is 0 Å². The number of Topliss-reactive ketones (excluding diaryl/α,β-unsaturated/α-hetero) is 1. The Balaban J connectivity index is 1.03. The molecule has 5 saturated carbocycles. The summed E-state index contributed by atoms with van der Waals surface area (Å²) in [5, 5.41) is 25.4. The number of esters is 1. The van der Waals surface area contributed by atoms with Crippen molar-refractivity contribution in [2.45, 2.75) is 145 Å². The van der Waals surface area contributed by atoms with E-state index < -0.39 is 28.8 Å². The molecule has 6 aliphatic carbocycles. The van der Waals surface area contributed by atoms with Gasteiger partial charge in [0.15, 0.2) is 5.78 Å².